The molecule has 1 saturated carbocycles. The number of hydrogen-bond donors (Lipinski definition) is 1. The van der Waals surface area contributed by atoms with Gasteiger partial charge in [0.05, 0.1) is 5.69 Å². The van der Waals surface area contributed by atoms with Gasteiger partial charge in [0.15, 0.2) is 0 Å². The lowest BCUT2D eigenvalue weighted by molar-refractivity contribution is -0.117. The number of fused-ring (bicyclic) bond motifs is 1. The first kappa shape index (κ1) is 29.8. The van der Waals surface area contributed by atoms with E-state index in [1.165, 1.54) is 60.3 Å². The van der Waals surface area contributed by atoms with Gasteiger partial charge in [-0.3, -0.25) is 4.98 Å². The van der Waals surface area contributed by atoms with Crippen LogP contribution in [0.4, 0.5) is 5.69 Å². The van der Waals surface area contributed by atoms with Crippen molar-refractivity contribution in [2.24, 2.45) is 0 Å². The van der Waals surface area contributed by atoms with Crippen molar-refractivity contribution < 1.29 is 4.79 Å². The molecule has 0 bridgehead atoms. The standard InChI is InChI=1S/C15H23N3.C12H16N2.C5H10O/c1-3-4-13-12(2)16-8-5-14(13)18-10-9-17-15(11-18)6-7-15;1-4-5-11-8-14-7-10(3)13-12(14)6-9(11)2;1-3-4-5(2)6/h5,8,17H,3-4,6-7,9-11H2,1-2H3;6-8H,4-5H2,1-3H3;3-4H2,1-2H3. The maximum Gasteiger partial charge on any atom is 0.137 e. The van der Waals surface area contributed by atoms with Gasteiger partial charge in [-0.25, -0.2) is 4.98 Å². The molecule has 0 amide bonds. The Morgan fingerprint density at radius 3 is 2.39 bits per heavy atom. The van der Waals surface area contributed by atoms with Crippen LogP contribution in [0.5, 0.6) is 0 Å². The lowest BCUT2D eigenvalue weighted by Gasteiger charge is -2.37. The largest absolute Gasteiger partial charge is 0.368 e. The number of carbonyl (C=O) groups is 1. The third kappa shape index (κ3) is 8.13. The number of rotatable bonds is 7. The second-order valence-corrected chi connectivity index (χ2v) is 11.1. The SMILES string of the molecule is CCCC(C)=O.CCCc1c(N2CCNC3(CC3)C2)ccnc1C.CCCc1cn2cc(C)nc2cc1C. The average Bonchev–Trinajstić information content (AvgIpc) is 3.51. The molecule has 4 heterocycles. The van der Waals surface area contributed by atoms with Gasteiger partial charge in [-0.15, -0.1) is 0 Å². The van der Waals surface area contributed by atoms with Crippen LogP contribution < -0.4 is 10.2 Å². The summed E-state index contributed by atoms with van der Waals surface area (Å²) in [4.78, 5) is 21.5. The fourth-order valence-corrected chi connectivity index (χ4v) is 5.27. The highest BCUT2D eigenvalue weighted by Gasteiger charge is 2.45. The van der Waals surface area contributed by atoms with Crippen molar-refractivity contribution in [3.05, 3.63) is 58.8 Å². The zero-order valence-electron chi connectivity index (χ0n) is 24.9. The molecule has 6 heteroatoms. The number of imidazole rings is 1. The number of carbonyl (C=O) groups excluding carboxylic acids is 1. The molecule has 1 aliphatic carbocycles. The molecule has 1 N–H and O–H groups in total. The summed E-state index contributed by atoms with van der Waals surface area (Å²) in [6.45, 7) is 17.8. The minimum absolute atomic E-state index is 0.289. The van der Waals surface area contributed by atoms with E-state index in [1.54, 1.807) is 6.92 Å². The van der Waals surface area contributed by atoms with E-state index in [0.29, 0.717) is 5.54 Å². The van der Waals surface area contributed by atoms with Crippen LogP contribution in [0.15, 0.2) is 30.7 Å². The predicted molar refractivity (Wildman–Crippen MR) is 159 cm³/mol. The zero-order valence-corrected chi connectivity index (χ0v) is 24.9. The van der Waals surface area contributed by atoms with Gasteiger partial charge >= 0.3 is 0 Å². The second-order valence-electron chi connectivity index (χ2n) is 11.1. The Morgan fingerprint density at radius 2 is 1.79 bits per heavy atom. The Kier molecular flexibility index (Phi) is 10.9. The van der Waals surface area contributed by atoms with E-state index in [9.17, 15) is 4.79 Å². The molecule has 1 aliphatic heterocycles. The fraction of sp³-hybridized carbons (Fsp3) is 0.594. The number of aromatic nitrogens is 3. The second kappa shape index (κ2) is 13.9. The Balaban J connectivity index is 0.000000178. The number of nitrogens with one attached hydrogen (secondary N) is 1. The first-order valence-corrected chi connectivity index (χ1v) is 14.6. The third-order valence-electron chi connectivity index (χ3n) is 7.47. The van der Waals surface area contributed by atoms with Crippen molar-refractivity contribution in [1.82, 2.24) is 19.7 Å². The quantitative estimate of drug-likeness (QED) is 0.383. The average molecular weight is 520 g/mol. The van der Waals surface area contributed by atoms with Gasteiger partial charge in [0.2, 0.25) is 0 Å². The van der Waals surface area contributed by atoms with E-state index >= 15 is 0 Å². The molecule has 1 spiro atoms. The number of nitrogens with zero attached hydrogens (tertiary/aromatic N) is 4. The van der Waals surface area contributed by atoms with Crippen LogP contribution in [0.25, 0.3) is 5.65 Å². The normalized spacial score (nSPS) is 15.5. The van der Waals surface area contributed by atoms with Gasteiger partial charge in [0.25, 0.3) is 0 Å². The number of aryl methyl sites for hydroxylation is 4. The maximum atomic E-state index is 10.0. The van der Waals surface area contributed by atoms with Crippen LogP contribution in [0.2, 0.25) is 0 Å². The molecule has 6 nitrogen and oxygen atoms in total. The molecule has 3 aromatic rings. The molecular formula is C32H49N5O. The van der Waals surface area contributed by atoms with Gasteiger partial charge in [-0.05, 0) is 88.6 Å². The Bertz CT molecular complexity index is 1190. The summed E-state index contributed by atoms with van der Waals surface area (Å²) in [5.74, 6) is 0.289. The number of Topliss-reactive ketones (excluding diaryl/α,β-unsaturated/α-hetero) is 1. The first-order chi connectivity index (χ1) is 18.2. The molecule has 0 unspecified atom stereocenters. The van der Waals surface area contributed by atoms with E-state index in [-0.39, 0.29) is 5.78 Å². The maximum absolute atomic E-state index is 10.0. The smallest absolute Gasteiger partial charge is 0.137 e. The highest BCUT2D eigenvalue weighted by atomic mass is 16.1. The van der Waals surface area contributed by atoms with Crippen LogP contribution >= 0.6 is 0 Å². The topological polar surface area (TPSA) is 62.5 Å². The number of piperazine rings is 1. The van der Waals surface area contributed by atoms with Crippen LogP contribution in [0.3, 0.4) is 0 Å². The van der Waals surface area contributed by atoms with Crippen molar-refractivity contribution in [1.29, 1.82) is 0 Å². The third-order valence-corrected chi connectivity index (χ3v) is 7.47. The summed E-state index contributed by atoms with van der Waals surface area (Å²) < 4.78 is 2.12. The Hall–Kier alpha value is -2.73. The molecule has 208 valence electrons. The molecule has 2 fully saturated rings. The summed E-state index contributed by atoms with van der Waals surface area (Å²) in [7, 11) is 0. The summed E-state index contributed by atoms with van der Waals surface area (Å²) >= 11 is 0. The number of anilines is 1. The highest BCUT2D eigenvalue weighted by molar-refractivity contribution is 5.75. The summed E-state index contributed by atoms with van der Waals surface area (Å²) in [6, 6.07) is 4.37. The van der Waals surface area contributed by atoms with Gasteiger partial charge in [0, 0.05) is 61.6 Å². The van der Waals surface area contributed by atoms with Crippen molar-refractivity contribution in [3.63, 3.8) is 0 Å². The Labute approximate surface area is 230 Å². The minimum Gasteiger partial charge on any atom is -0.368 e. The molecule has 5 rings (SSSR count). The van der Waals surface area contributed by atoms with E-state index in [0.717, 1.165) is 50.1 Å². The highest BCUT2D eigenvalue weighted by Crippen LogP contribution is 2.39. The van der Waals surface area contributed by atoms with Crippen LogP contribution in [-0.2, 0) is 17.6 Å². The molecule has 0 aromatic carbocycles. The lowest BCUT2D eigenvalue weighted by Crippen LogP contribution is -2.52. The van der Waals surface area contributed by atoms with Crippen LogP contribution in [-0.4, -0.2) is 45.3 Å². The predicted octanol–water partition coefficient (Wildman–Crippen LogP) is 6.56. The van der Waals surface area contributed by atoms with Crippen molar-refractivity contribution >= 4 is 17.1 Å². The van der Waals surface area contributed by atoms with Crippen LogP contribution in [0.1, 0.15) is 94.3 Å². The summed E-state index contributed by atoms with van der Waals surface area (Å²) in [5, 5.41) is 3.68. The molecule has 0 radical (unpaired) electrons. The molecule has 1 saturated heterocycles. The molecular weight excluding hydrogens is 470 g/mol. The van der Waals surface area contributed by atoms with Gasteiger partial charge in [-0.2, -0.15) is 0 Å². The number of hydrogen-bond acceptors (Lipinski definition) is 5. The minimum atomic E-state index is 0.289. The fourth-order valence-electron chi connectivity index (χ4n) is 5.27. The van der Waals surface area contributed by atoms with Crippen molar-refractivity contribution in [2.75, 3.05) is 24.5 Å². The van der Waals surface area contributed by atoms with E-state index in [4.69, 9.17) is 0 Å². The van der Waals surface area contributed by atoms with E-state index in [1.807, 2.05) is 20.0 Å². The van der Waals surface area contributed by atoms with Crippen molar-refractivity contribution in [2.45, 2.75) is 105 Å². The number of ketones is 1. The lowest BCUT2D eigenvalue weighted by atomic mass is 10.0. The van der Waals surface area contributed by atoms with Crippen molar-refractivity contribution in [3.8, 4) is 0 Å². The van der Waals surface area contributed by atoms with Crippen LogP contribution in [0, 0.1) is 20.8 Å². The summed E-state index contributed by atoms with van der Waals surface area (Å²) in [5.41, 5.74) is 9.45. The molecule has 38 heavy (non-hydrogen) atoms. The monoisotopic (exact) mass is 519 g/mol. The molecule has 0 atom stereocenters. The van der Waals surface area contributed by atoms with E-state index < -0.39 is 0 Å². The van der Waals surface area contributed by atoms with E-state index in [2.05, 4.69) is 76.8 Å². The zero-order chi connectivity index (χ0) is 27.7. The summed E-state index contributed by atoms with van der Waals surface area (Å²) in [6.07, 6.45) is 15.3. The Morgan fingerprint density at radius 1 is 1.05 bits per heavy atom. The molecule has 2 aliphatic rings. The molecule has 3 aromatic heterocycles. The van der Waals surface area contributed by atoms with Gasteiger partial charge < -0.3 is 19.4 Å². The van der Waals surface area contributed by atoms with Gasteiger partial charge in [-0.1, -0.05) is 33.6 Å². The number of pyridine rings is 2. The van der Waals surface area contributed by atoms with Gasteiger partial charge in [0.1, 0.15) is 11.4 Å². The first-order valence-electron chi connectivity index (χ1n) is 14.6.